The Morgan fingerprint density at radius 2 is 2.05 bits per heavy atom. The molecular formula is C14H29N3O2. The molecule has 1 heterocycles. The zero-order valence-electron chi connectivity index (χ0n) is 12.7. The molecular weight excluding hydrogens is 242 g/mol. The van der Waals surface area contributed by atoms with Crippen LogP contribution in [0.1, 0.15) is 33.6 Å². The third-order valence-corrected chi connectivity index (χ3v) is 3.65. The Kier molecular flexibility index (Phi) is 6.23. The van der Waals surface area contributed by atoms with Crippen LogP contribution in [-0.4, -0.2) is 55.7 Å². The number of primary amides is 1. The zero-order valence-corrected chi connectivity index (χ0v) is 12.7. The van der Waals surface area contributed by atoms with Gasteiger partial charge in [-0.05, 0) is 46.6 Å². The van der Waals surface area contributed by atoms with Crippen LogP contribution in [0.4, 0.5) is 0 Å². The number of nitrogens with zero attached hydrogens (tertiary/aromatic N) is 1. The highest BCUT2D eigenvalue weighted by atomic mass is 16.5. The van der Waals surface area contributed by atoms with Crippen LogP contribution in [0.15, 0.2) is 0 Å². The summed E-state index contributed by atoms with van der Waals surface area (Å²) >= 11 is 0. The zero-order chi connectivity index (χ0) is 14.5. The first kappa shape index (κ1) is 16.4. The topological polar surface area (TPSA) is 67.6 Å². The van der Waals surface area contributed by atoms with Gasteiger partial charge in [-0.25, -0.2) is 0 Å². The molecule has 3 N–H and O–H groups in total. The van der Waals surface area contributed by atoms with Crippen molar-refractivity contribution < 1.29 is 9.53 Å². The summed E-state index contributed by atoms with van der Waals surface area (Å²) in [4.78, 5) is 13.9. The van der Waals surface area contributed by atoms with Gasteiger partial charge in [0.05, 0.1) is 0 Å². The minimum atomic E-state index is -0.673. The summed E-state index contributed by atoms with van der Waals surface area (Å²) in [5, 5.41) is 3.28. The normalized spacial score (nSPS) is 20.7. The van der Waals surface area contributed by atoms with E-state index in [1.165, 1.54) is 0 Å². The summed E-state index contributed by atoms with van der Waals surface area (Å²) in [6.45, 7) is 9.28. The largest absolute Gasteiger partial charge is 0.381 e. The summed E-state index contributed by atoms with van der Waals surface area (Å²) in [6, 6.07) is 0.231. The lowest BCUT2D eigenvalue weighted by Crippen LogP contribution is -2.61. The Morgan fingerprint density at radius 1 is 1.47 bits per heavy atom. The van der Waals surface area contributed by atoms with Crippen molar-refractivity contribution in [1.82, 2.24) is 10.2 Å². The lowest BCUT2D eigenvalue weighted by molar-refractivity contribution is -0.124. The Morgan fingerprint density at radius 3 is 2.53 bits per heavy atom. The molecule has 1 aliphatic heterocycles. The van der Waals surface area contributed by atoms with E-state index in [1.807, 2.05) is 20.8 Å². The highest BCUT2D eigenvalue weighted by Crippen LogP contribution is 2.17. The summed E-state index contributed by atoms with van der Waals surface area (Å²) < 4.78 is 5.37. The van der Waals surface area contributed by atoms with Crippen molar-refractivity contribution in [3.05, 3.63) is 0 Å². The van der Waals surface area contributed by atoms with Crippen molar-refractivity contribution >= 4 is 5.91 Å². The van der Waals surface area contributed by atoms with Gasteiger partial charge in [0.1, 0.15) is 5.54 Å². The van der Waals surface area contributed by atoms with E-state index in [4.69, 9.17) is 10.5 Å². The highest BCUT2D eigenvalue weighted by Gasteiger charge is 2.33. The van der Waals surface area contributed by atoms with Crippen LogP contribution in [0.25, 0.3) is 0 Å². The Hall–Kier alpha value is -0.650. The fourth-order valence-corrected chi connectivity index (χ4v) is 2.81. The highest BCUT2D eigenvalue weighted by molar-refractivity contribution is 5.84. The number of carbonyl (C=O) groups excluding carboxylic acids is 1. The average Bonchev–Trinajstić information content (AvgIpc) is 2.28. The predicted octanol–water partition coefficient (Wildman–Crippen LogP) is 0.587. The number of nitrogens with two attached hydrogens (primary N) is 1. The number of nitrogens with one attached hydrogen (secondary N) is 1. The van der Waals surface area contributed by atoms with Gasteiger partial charge in [0.15, 0.2) is 0 Å². The number of ether oxygens (including phenoxy) is 1. The fraction of sp³-hybridized carbons (Fsp3) is 0.929. The van der Waals surface area contributed by atoms with Crippen molar-refractivity contribution in [2.24, 2.45) is 11.7 Å². The Labute approximate surface area is 116 Å². The molecule has 1 atom stereocenters. The summed E-state index contributed by atoms with van der Waals surface area (Å²) in [5.74, 6) is 0.370. The van der Waals surface area contributed by atoms with Crippen molar-refractivity contribution in [2.75, 3.05) is 33.4 Å². The molecule has 0 bridgehead atoms. The molecule has 1 saturated heterocycles. The quantitative estimate of drug-likeness (QED) is 0.711. The second-order valence-corrected chi connectivity index (χ2v) is 6.25. The van der Waals surface area contributed by atoms with Gasteiger partial charge >= 0.3 is 0 Å². The maximum absolute atomic E-state index is 11.7. The molecule has 0 saturated carbocycles. The van der Waals surface area contributed by atoms with E-state index in [9.17, 15) is 4.79 Å². The minimum absolute atomic E-state index is 0.231. The summed E-state index contributed by atoms with van der Waals surface area (Å²) in [6.07, 6.45) is 2.21. The predicted molar refractivity (Wildman–Crippen MR) is 76.9 cm³/mol. The third-order valence-electron chi connectivity index (χ3n) is 3.65. The van der Waals surface area contributed by atoms with Gasteiger partial charge in [-0.1, -0.05) is 0 Å². The molecule has 1 aliphatic rings. The Bertz CT molecular complexity index is 290. The van der Waals surface area contributed by atoms with Gasteiger partial charge in [0, 0.05) is 32.3 Å². The maximum Gasteiger partial charge on any atom is 0.238 e. The molecule has 0 spiro atoms. The molecule has 1 rings (SSSR count). The molecule has 5 nitrogen and oxygen atoms in total. The van der Waals surface area contributed by atoms with Crippen LogP contribution < -0.4 is 11.1 Å². The first-order valence-corrected chi connectivity index (χ1v) is 7.17. The molecule has 1 fully saturated rings. The second kappa shape index (κ2) is 7.22. The SMILES string of the molecule is CC(C)NC(C)(CN(C)CC1CCOCC1)C(N)=O. The van der Waals surface area contributed by atoms with Gasteiger partial charge in [-0.2, -0.15) is 0 Å². The van der Waals surface area contributed by atoms with Crippen molar-refractivity contribution in [2.45, 2.75) is 45.2 Å². The minimum Gasteiger partial charge on any atom is -0.381 e. The molecule has 0 radical (unpaired) electrons. The van der Waals surface area contributed by atoms with E-state index in [0.29, 0.717) is 12.5 Å². The van der Waals surface area contributed by atoms with E-state index in [0.717, 1.165) is 32.6 Å². The van der Waals surface area contributed by atoms with Gasteiger partial charge in [0.25, 0.3) is 0 Å². The monoisotopic (exact) mass is 271 g/mol. The van der Waals surface area contributed by atoms with Crippen molar-refractivity contribution in [1.29, 1.82) is 0 Å². The van der Waals surface area contributed by atoms with Crippen LogP contribution in [0.5, 0.6) is 0 Å². The number of likely N-dealkylation sites (N-methyl/N-ethyl adjacent to an activating group) is 1. The van der Waals surface area contributed by atoms with E-state index in [1.54, 1.807) is 0 Å². The van der Waals surface area contributed by atoms with Crippen molar-refractivity contribution in [3.8, 4) is 0 Å². The van der Waals surface area contributed by atoms with Gasteiger partial charge in [-0.15, -0.1) is 0 Å². The van der Waals surface area contributed by atoms with Gasteiger partial charge < -0.3 is 20.7 Å². The summed E-state index contributed by atoms with van der Waals surface area (Å²) in [7, 11) is 2.05. The number of rotatable bonds is 7. The number of hydrogen-bond donors (Lipinski definition) is 2. The fourth-order valence-electron chi connectivity index (χ4n) is 2.81. The van der Waals surface area contributed by atoms with E-state index >= 15 is 0 Å². The molecule has 112 valence electrons. The van der Waals surface area contributed by atoms with Crippen LogP contribution in [0.3, 0.4) is 0 Å². The van der Waals surface area contributed by atoms with E-state index in [-0.39, 0.29) is 11.9 Å². The first-order valence-electron chi connectivity index (χ1n) is 7.17. The lowest BCUT2D eigenvalue weighted by Gasteiger charge is -2.35. The molecule has 0 aliphatic carbocycles. The Balaban J connectivity index is 2.50. The summed E-state index contributed by atoms with van der Waals surface area (Å²) in [5.41, 5.74) is 4.88. The molecule has 0 aromatic heterocycles. The van der Waals surface area contributed by atoms with Crippen LogP contribution in [0, 0.1) is 5.92 Å². The number of carbonyl (C=O) groups is 1. The first-order chi connectivity index (χ1) is 8.83. The molecule has 0 aromatic rings. The molecule has 19 heavy (non-hydrogen) atoms. The smallest absolute Gasteiger partial charge is 0.238 e. The van der Waals surface area contributed by atoms with Crippen LogP contribution in [-0.2, 0) is 9.53 Å². The molecule has 1 unspecified atom stereocenters. The van der Waals surface area contributed by atoms with Gasteiger partial charge in [0.2, 0.25) is 5.91 Å². The third kappa shape index (κ3) is 5.47. The van der Waals surface area contributed by atoms with E-state index < -0.39 is 5.54 Å². The van der Waals surface area contributed by atoms with Crippen LogP contribution in [0.2, 0.25) is 0 Å². The van der Waals surface area contributed by atoms with Crippen LogP contribution >= 0.6 is 0 Å². The van der Waals surface area contributed by atoms with Crippen molar-refractivity contribution in [3.63, 3.8) is 0 Å². The number of amides is 1. The maximum atomic E-state index is 11.7. The van der Waals surface area contributed by atoms with Gasteiger partial charge in [-0.3, -0.25) is 4.79 Å². The standard InChI is InChI=1S/C14H29N3O2/c1-11(2)16-14(3,13(15)18)10-17(4)9-12-5-7-19-8-6-12/h11-12,16H,5-10H2,1-4H3,(H2,15,18). The van der Waals surface area contributed by atoms with E-state index in [2.05, 4.69) is 17.3 Å². The average molecular weight is 271 g/mol. The molecule has 5 heteroatoms. The second-order valence-electron chi connectivity index (χ2n) is 6.25. The molecule has 0 aromatic carbocycles. The molecule has 1 amide bonds. The lowest BCUT2D eigenvalue weighted by atomic mass is 9.96. The number of hydrogen-bond acceptors (Lipinski definition) is 4.